The lowest BCUT2D eigenvalue weighted by Gasteiger charge is -2.36. The molecular weight excluding hydrogens is 757 g/mol. The highest BCUT2D eigenvalue weighted by molar-refractivity contribution is 9.10. The maximum absolute atomic E-state index is 13.7. The zero-order valence-electron chi connectivity index (χ0n) is 31.8. The van der Waals surface area contributed by atoms with Crippen LogP contribution in [0, 0.1) is 34.3 Å². The summed E-state index contributed by atoms with van der Waals surface area (Å²) in [6, 6.07) is 27.4. The molecule has 4 aromatic rings. The number of benzene rings is 4. The molecule has 0 unspecified atom stereocenters. The van der Waals surface area contributed by atoms with Crippen LogP contribution in [0.25, 0.3) is 11.1 Å². The standard InChI is InChI=1S/C20H24FNOSi.C13H23BO3Si.C7H3BrFN/c1-20(2,3)24(4,5)23-14-15-7-6-8-17(9-15)18-10-16(13-22)11-19(21)12-18;1-13(2,3)18(4,5)17-10-11-7-6-8-12(9-11)14(15)16;8-6-1-5(4-10)2-7(9)3-6/h6-12H,14H2,1-5H3;6-9,15-16H,10H2,1-5H3;1-3H. The van der Waals surface area contributed by atoms with Crippen LogP contribution in [0.5, 0.6) is 0 Å². The third kappa shape index (κ3) is 14.2. The first-order valence-electron chi connectivity index (χ1n) is 16.9. The molecule has 4 aromatic carbocycles. The number of nitriles is 2. The van der Waals surface area contributed by atoms with E-state index in [2.05, 4.69) is 83.7 Å². The molecule has 6 nitrogen and oxygen atoms in total. The monoisotopic (exact) mass is 806 g/mol. The van der Waals surface area contributed by atoms with Crippen molar-refractivity contribution in [3.05, 3.63) is 123 Å². The van der Waals surface area contributed by atoms with Gasteiger partial charge in [-0.3, -0.25) is 0 Å². The molecular formula is C40H50BBrF2N2O4Si2. The summed E-state index contributed by atoms with van der Waals surface area (Å²) in [5.74, 6) is -0.794. The topological polar surface area (TPSA) is 106 Å². The molecule has 52 heavy (non-hydrogen) atoms. The Morgan fingerprint density at radius 2 is 1.12 bits per heavy atom. The Balaban J connectivity index is 0.000000293. The van der Waals surface area contributed by atoms with E-state index in [1.807, 2.05) is 48.5 Å². The van der Waals surface area contributed by atoms with Gasteiger partial charge >= 0.3 is 7.12 Å². The summed E-state index contributed by atoms with van der Waals surface area (Å²) >= 11 is 3.06. The molecule has 2 N–H and O–H groups in total. The molecule has 0 heterocycles. The quantitative estimate of drug-likeness (QED) is 0.172. The van der Waals surface area contributed by atoms with E-state index in [0.717, 1.165) is 16.7 Å². The fourth-order valence-corrected chi connectivity index (χ4v) is 6.47. The minimum absolute atomic E-state index is 0.162. The van der Waals surface area contributed by atoms with Crippen LogP contribution >= 0.6 is 15.9 Å². The van der Waals surface area contributed by atoms with Crippen molar-refractivity contribution in [1.29, 1.82) is 10.5 Å². The number of rotatable bonds is 8. The smallest absolute Gasteiger partial charge is 0.423 e. The highest BCUT2D eigenvalue weighted by Gasteiger charge is 2.38. The number of hydrogen-bond donors (Lipinski definition) is 2. The molecule has 0 saturated carbocycles. The largest absolute Gasteiger partial charge is 0.488 e. The van der Waals surface area contributed by atoms with Crippen LogP contribution in [0.15, 0.2) is 89.4 Å². The predicted octanol–water partition coefficient (Wildman–Crippen LogP) is 10.2. The van der Waals surface area contributed by atoms with Crippen LogP contribution in [0.1, 0.15) is 63.8 Å². The van der Waals surface area contributed by atoms with E-state index in [0.29, 0.717) is 39.8 Å². The lowest BCUT2D eigenvalue weighted by Crippen LogP contribution is -2.40. The van der Waals surface area contributed by atoms with Gasteiger partial charge in [-0.25, -0.2) is 8.78 Å². The molecule has 12 heteroatoms. The van der Waals surface area contributed by atoms with Gasteiger partial charge in [0.15, 0.2) is 16.6 Å². The van der Waals surface area contributed by atoms with Crippen LogP contribution in [0.4, 0.5) is 8.78 Å². The molecule has 0 bridgehead atoms. The van der Waals surface area contributed by atoms with Crippen molar-refractivity contribution < 1.29 is 27.7 Å². The van der Waals surface area contributed by atoms with Crippen molar-refractivity contribution in [3.8, 4) is 23.3 Å². The van der Waals surface area contributed by atoms with Crippen LogP contribution in [-0.2, 0) is 22.1 Å². The summed E-state index contributed by atoms with van der Waals surface area (Å²) in [4.78, 5) is 0. The molecule has 0 saturated heterocycles. The first-order chi connectivity index (χ1) is 24.0. The average molecular weight is 808 g/mol. The summed E-state index contributed by atoms with van der Waals surface area (Å²) in [5.41, 5.74) is 4.79. The molecule has 4 rings (SSSR count). The van der Waals surface area contributed by atoms with E-state index in [1.165, 1.54) is 24.3 Å². The first kappa shape index (κ1) is 44.7. The summed E-state index contributed by atoms with van der Waals surface area (Å²) in [5, 5.41) is 36.0. The lowest BCUT2D eigenvalue weighted by atomic mass is 9.80. The minimum Gasteiger partial charge on any atom is -0.423 e. The van der Waals surface area contributed by atoms with Crippen molar-refractivity contribution in [1.82, 2.24) is 0 Å². The normalized spacial score (nSPS) is 11.6. The molecule has 0 amide bonds. The molecule has 0 spiro atoms. The van der Waals surface area contributed by atoms with Gasteiger partial charge in [0.2, 0.25) is 0 Å². The van der Waals surface area contributed by atoms with E-state index in [9.17, 15) is 8.78 Å². The second-order valence-electron chi connectivity index (χ2n) is 15.5. The molecule has 0 fully saturated rings. The fraction of sp³-hybridized carbons (Fsp3) is 0.350. The molecule has 276 valence electrons. The van der Waals surface area contributed by atoms with Gasteiger partial charge in [0.1, 0.15) is 11.6 Å². The second-order valence-corrected chi connectivity index (χ2v) is 26.1. The van der Waals surface area contributed by atoms with Crippen molar-refractivity contribution in [3.63, 3.8) is 0 Å². The van der Waals surface area contributed by atoms with Gasteiger partial charge in [0.25, 0.3) is 0 Å². The maximum atomic E-state index is 13.7. The van der Waals surface area contributed by atoms with Gasteiger partial charge in [0.05, 0.1) is 36.5 Å². The third-order valence-corrected chi connectivity index (χ3v) is 18.8. The van der Waals surface area contributed by atoms with Crippen molar-refractivity contribution >= 4 is 45.1 Å². The minimum atomic E-state index is -1.81. The van der Waals surface area contributed by atoms with E-state index in [-0.39, 0.29) is 10.1 Å². The van der Waals surface area contributed by atoms with Crippen molar-refractivity contribution in [2.24, 2.45) is 0 Å². The molecule has 0 radical (unpaired) electrons. The number of hydrogen-bond acceptors (Lipinski definition) is 6. The fourth-order valence-electron chi connectivity index (χ4n) is 4.08. The maximum Gasteiger partial charge on any atom is 0.488 e. The van der Waals surface area contributed by atoms with Gasteiger partial charge < -0.3 is 18.9 Å². The third-order valence-electron chi connectivity index (χ3n) is 9.34. The highest BCUT2D eigenvalue weighted by atomic mass is 79.9. The molecule has 0 aliphatic carbocycles. The van der Waals surface area contributed by atoms with Gasteiger partial charge in [-0.1, -0.05) is 99.9 Å². The van der Waals surface area contributed by atoms with Crippen molar-refractivity contribution in [2.45, 2.75) is 91.0 Å². The van der Waals surface area contributed by atoms with Crippen LogP contribution in [0.3, 0.4) is 0 Å². The molecule has 0 aliphatic rings. The van der Waals surface area contributed by atoms with Crippen LogP contribution in [-0.4, -0.2) is 33.8 Å². The van der Waals surface area contributed by atoms with E-state index >= 15 is 0 Å². The Labute approximate surface area is 319 Å². The van der Waals surface area contributed by atoms with Crippen LogP contribution < -0.4 is 5.46 Å². The zero-order chi connectivity index (χ0) is 39.5. The first-order valence-corrected chi connectivity index (χ1v) is 23.5. The van der Waals surface area contributed by atoms with Crippen LogP contribution in [0.2, 0.25) is 36.3 Å². The number of nitrogens with zero attached hydrogens (tertiary/aromatic N) is 2. The molecule has 0 atom stereocenters. The summed E-state index contributed by atoms with van der Waals surface area (Å²) in [6.07, 6.45) is 0. The van der Waals surface area contributed by atoms with Crippen molar-refractivity contribution in [2.75, 3.05) is 0 Å². The molecule has 0 aromatic heterocycles. The summed E-state index contributed by atoms with van der Waals surface area (Å²) in [6.45, 7) is 23.2. The predicted molar refractivity (Wildman–Crippen MR) is 216 cm³/mol. The van der Waals surface area contributed by atoms with E-state index in [4.69, 9.17) is 29.4 Å². The second kappa shape index (κ2) is 19.0. The molecule has 0 aliphatic heterocycles. The Kier molecular flexibility index (Phi) is 16.4. The van der Waals surface area contributed by atoms with E-state index in [1.54, 1.807) is 24.3 Å². The highest BCUT2D eigenvalue weighted by Crippen LogP contribution is 2.38. The van der Waals surface area contributed by atoms with Gasteiger partial charge in [-0.05, 0) is 106 Å². The zero-order valence-corrected chi connectivity index (χ0v) is 35.4. The number of halogens is 3. The average Bonchev–Trinajstić information content (AvgIpc) is 3.05. The Morgan fingerprint density at radius 3 is 1.58 bits per heavy atom. The Hall–Kier alpha value is -3.46. The van der Waals surface area contributed by atoms with Gasteiger partial charge in [-0.15, -0.1) is 0 Å². The Morgan fingerprint density at radius 1 is 0.654 bits per heavy atom. The SMILES string of the molecule is CC(C)(C)[Si](C)(C)OCc1cccc(-c2cc(F)cc(C#N)c2)c1.CC(C)(C)[Si](C)(C)OCc1cccc(B(O)O)c1.N#Cc1cc(F)cc(Br)c1. The van der Waals surface area contributed by atoms with Gasteiger partial charge in [-0.2, -0.15) is 10.5 Å². The van der Waals surface area contributed by atoms with E-state index < -0.39 is 35.4 Å². The lowest BCUT2D eigenvalue weighted by molar-refractivity contribution is 0.276. The summed E-state index contributed by atoms with van der Waals surface area (Å²) in [7, 11) is -4.99. The summed E-state index contributed by atoms with van der Waals surface area (Å²) < 4.78 is 39.0. The van der Waals surface area contributed by atoms with Gasteiger partial charge in [0, 0.05) is 4.47 Å². The Bertz CT molecular complexity index is 1860.